The van der Waals surface area contributed by atoms with Crippen LogP contribution in [0.3, 0.4) is 0 Å². The molecule has 0 fully saturated rings. The molecule has 0 aliphatic rings. The van der Waals surface area contributed by atoms with Crippen LogP contribution in [0.5, 0.6) is 0 Å². The van der Waals surface area contributed by atoms with Crippen LogP contribution < -0.4 is 0 Å². The van der Waals surface area contributed by atoms with Crippen molar-refractivity contribution in [1.82, 2.24) is 4.90 Å². The van der Waals surface area contributed by atoms with Crippen LogP contribution in [-0.4, -0.2) is 29.7 Å². The number of rotatable bonds is 5. The third kappa shape index (κ3) is 3.22. The Bertz CT molecular complexity index is 126. The van der Waals surface area contributed by atoms with Gasteiger partial charge in [-0.3, -0.25) is 9.69 Å². The molecule has 0 spiro atoms. The van der Waals surface area contributed by atoms with Crippen LogP contribution in [-0.2, 0) is 9.53 Å². The van der Waals surface area contributed by atoms with Crippen molar-refractivity contribution in [2.24, 2.45) is 0 Å². The van der Waals surface area contributed by atoms with E-state index in [4.69, 9.17) is 4.74 Å². The van der Waals surface area contributed by atoms with Crippen molar-refractivity contribution >= 4 is 6.47 Å². The molecule has 0 bridgehead atoms. The van der Waals surface area contributed by atoms with Crippen LogP contribution in [0.4, 0.5) is 0 Å². The first-order chi connectivity index (χ1) is 5.50. The Morgan fingerprint density at radius 2 is 1.50 bits per heavy atom. The molecule has 0 aromatic heterocycles. The summed E-state index contributed by atoms with van der Waals surface area (Å²) in [6.07, 6.45) is -0.137. The maximum atomic E-state index is 10.1. The predicted molar refractivity (Wildman–Crippen MR) is 48.7 cm³/mol. The average Bonchev–Trinajstić information content (AvgIpc) is 1.85. The molecule has 0 radical (unpaired) electrons. The van der Waals surface area contributed by atoms with Crippen LogP contribution in [0.25, 0.3) is 0 Å². The molecule has 0 heterocycles. The minimum absolute atomic E-state index is 0.137. The van der Waals surface area contributed by atoms with Gasteiger partial charge in [-0.15, -0.1) is 0 Å². The topological polar surface area (TPSA) is 29.5 Å². The van der Waals surface area contributed by atoms with Gasteiger partial charge in [-0.25, -0.2) is 0 Å². The SMILES string of the molecule is CC(C)N(C(C)C)C(C)OC=O. The second-order valence-electron chi connectivity index (χ2n) is 3.47. The molecule has 3 nitrogen and oxygen atoms in total. The summed E-state index contributed by atoms with van der Waals surface area (Å²) in [6, 6.07) is 0.778. The highest BCUT2D eigenvalue weighted by Gasteiger charge is 2.20. The lowest BCUT2D eigenvalue weighted by Crippen LogP contribution is -2.44. The zero-order valence-corrected chi connectivity index (χ0v) is 8.57. The van der Waals surface area contributed by atoms with Gasteiger partial charge in [-0.05, 0) is 34.6 Å². The molecule has 1 unspecified atom stereocenters. The molecule has 0 aromatic rings. The Labute approximate surface area is 74.7 Å². The molecule has 0 amide bonds. The Balaban J connectivity index is 4.18. The first-order valence-electron chi connectivity index (χ1n) is 4.37. The van der Waals surface area contributed by atoms with Crippen molar-refractivity contribution in [2.45, 2.75) is 52.9 Å². The summed E-state index contributed by atoms with van der Waals surface area (Å²) in [5.41, 5.74) is 0. The zero-order valence-electron chi connectivity index (χ0n) is 8.57. The van der Waals surface area contributed by atoms with Gasteiger partial charge in [0.25, 0.3) is 6.47 Å². The second-order valence-corrected chi connectivity index (χ2v) is 3.47. The number of ether oxygens (including phenoxy) is 1. The van der Waals surface area contributed by atoms with E-state index in [1.54, 1.807) is 0 Å². The highest BCUT2D eigenvalue weighted by Crippen LogP contribution is 2.10. The second kappa shape index (κ2) is 5.14. The number of carbonyl (C=O) groups is 1. The molecule has 3 heteroatoms. The molecular weight excluding hydrogens is 154 g/mol. The fraction of sp³-hybridized carbons (Fsp3) is 0.889. The summed E-state index contributed by atoms with van der Waals surface area (Å²) in [7, 11) is 0. The Morgan fingerprint density at radius 1 is 1.08 bits per heavy atom. The maximum Gasteiger partial charge on any atom is 0.294 e. The summed E-state index contributed by atoms with van der Waals surface area (Å²) >= 11 is 0. The Morgan fingerprint density at radius 3 is 1.75 bits per heavy atom. The molecule has 0 saturated heterocycles. The lowest BCUT2D eigenvalue weighted by molar-refractivity contribution is -0.145. The monoisotopic (exact) mass is 173 g/mol. The van der Waals surface area contributed by atoms with Gasteiger partial charge < -0.3 is 4.74 Å². The maximum absolute atomic E-state index is 10.1. The summed E-state index contributed by atoms with van der Waals surface area (Å²) < 4.78 is 4.87. The number of nitrogens with zero attached hydrogens (tertiary/aromatic N) is 1. The van der Waals surface area contributed by atoms with Gasteiger partial charge in [-0.2, -0.15) is 0 Å². The molecule has 12 heavy (non-hydrogen) atoms. The number of hydrogen-bond acceptors (Lipinski definition) is 3. The van der Waals surface area contributed by atoms with Crippen LogP contribution in [0.1, 0.15) is 34.6 Å². The van der Waals surface area contributed by atoms with Gasteiger partial charge in [-0.1, -0.05) is 0 Å². The normalized spacial score (nSPS) is 14.0. The molecule has 72 valence electrons. The average molecular weight is 173 g/mol. The lowest BCUT2D eigenvalue weighted by Gasteiger charge is -2.34. The first-order valence-corrected chi connectivity index (χ1v) is 4.37. The number of hydrogen-bond donors (Lipinski definition) is 0. The molecule has 0 saturated carbocycles. The molecule has 0 N–H and O–H groups in total. The Kier molecular flexibility index (Phi) is 4.90. The van der Waals surface area contributed by atoms with Gasteiger partial charge in [0.15, 0.2) is 6.23 Å². The summed E-state index contributed by atoms with van der Waals surface area (Å²) in [6.45, 7) is 10.7. The fourth-order valence-electron chi connectivity index (χ4n) is 1.59. The van der Waals surface area contributed by atoms with E-state index in [0.717, 1.165) is 0 Å². The standard InChI is InChI=1S/C9H19NO2/c1-7(2)10(8(3)4)9(5)12-6-11/h6-9H,1-5H3. The zero-order chi connectivity index (χ0) is 9.72. The van der Waals surface area contributed by atoms with E-state index in [-0.39, 0.29) is 6.23 Å². The molecule has 1 atom stereocenters. The van der Waals surface area contributed by atoms with E-state index in [0.29, 0.717) is 18.6 Å². The summed E-state index contributed by atoms with van der Waals surface area (Å²) in [5, 5.41) is 0. The summed E-state index contributed by atoms with van der Waals surface area (Å²) in [4.78, 5) is 12.2. The Hall–Kier alpha value is -0.570. The molecule has 0 aliphatic carbocycles. The molecule has 0 aliphatic heterocycles. The summed E-state index contributed by atoms with van der Waals surface area (Å²) in [5.74, 6) is 0. The van der Waals surface area contributed by atoms with Crippen LogP contribution in [0.2, 0.25) is 0 Å². The minimum Gasteiger partial charge on any atom is -0.449 e. The van der Waals surface area contributed by atoms with Crippen LogP contribution in [0.15, 0.2) is 0 Å². The molecule has 0 rings (SSSR count). The first kappa shape index (κ1) is 11.4. The molecule has 0 aromatic carbocycles. The smallest absolute Gasteiger partial charge is 0.294 e. The van der Waals surface area contributed by atoms with E-state index in [2.05, 4.69) is 32.6 Å². The minimum atomic E-state index is -0.137. The van der Waals surface area contributed by atoms with Crippen molar-refractivity contribution in [2.75, 3.05) is 0 Å². The highest BCUT2D eigenvalue weighted by atomic mass is 16.5. The lowest BCUT2D eigenvalue weighted by atomic mass is 10.2. The fourth-order valence-corrected chi connectivity index (χ4v) is 1.59. The highest BCUT2D eigenvalue weighted by molar-refractivity contribution is 5.37. The third-order valence-electron chi connectivity index (χ3n) is 1.86. The third-order valence-corrected chi connectivity index (χ3v) is 1.86. The van der Waals surface area contributed by atoms with Gasteiger partial charge in [0, 0.05) is 12.1 Å². The van der Waals surface area contributed by atoms with Crippen molar-refractivity contribution in [3.63, 3.8) is 0 Å². The van der Waals surface area contributed by atoms with E-state index in [1.807, 2.05) is 6.92 Å². The van der Waals surface area contributed by atoms with Gasteiger partial charge >= 0.3 is 0 Å². The van der Waals surface area contributed by atoms with Gasteiger partial charge in [0.2, 0.25) is 0 Å². The van der Waals surface area contributed by atoms with Gasteiger partial charge in [0.1, 0.15) is 0 Å². The number of carbonyl (C=O) groups excluding carboxylic acids is 1. The molecular formula is C9H19NO2. The van der Waals surface area contributed by atoms with Crippen molar-refractivity contribution < 1.29 is 9.53 Å². The largest absolute Gasteiger partial charge is 0.449 e. The van der Waals surface area contributed by atoms with Gasteiger partial charge in [0.05, 0.1) is 0 Å². The van der Waals surface area contributed by atoms with Crippen molar-refractivity contribution in [1.29, 1.82) is 0 Å². The predicted octanol–water partition coefficient (Wildman–Crippen LogP) is 1.62. The van der Waals surface area contributed by atoms with Crippen LogP contribution >= 0.6 is 0 Å². The van der Waals surface area contributed by atoms with Crippen LogP contribution in [0, 0.1) is 0 Å². The van der Waals surface area contributed by atoms with E-state index < -0.39 is 0 Å². The van der Waals surface area contributed by atoms with E-state index >= 15 is 0 Å². The van der Waals surface area contributed by atoms with E-state index in [1.165, 1.54) is 0 Å². The quantitative estimate of drug-likeness (QED) is 0.467. The van der Waals surface area contributed by atoms with Crippen molar-refractivity contribution in [3.05, 3.63) is 0 Å². The van der Waals surface area contributed by atoms with Crippen molar-refractivity contribution in [3.8, 4) is 0 Å². The van der Waals surface area contributed by atoms with E-state index in [9.17, 15) is 4.79 Å².